The van der Waals surface area contributed by atoms with Gasteiger partial charge in [-0.25, -0.2) is 0 Å². The van der Waals surface area contributed by atoms with Gasteiger partial charge in [0.2, 0.25) is 0 Å². The van der Waals surface area contributed by atoms with Gasteiger partial charge >= 0.3 is 0 Å². The molecule has 2 heteroatoms. The normalized spacial score (nSPS) is 12.9. The molecule has 0 aliphatic carbocycles. The SMILES string of the molecule is C[SiH](CCO)c1ccccc1. The number of benzene rings is 1. The van der Waals surface area contributed by atoms with Crippen molar-refractivity contribution in [2.45, 2.75) is 12.6 Å². The van der Waals surface area contributed by atoms with Gasteiger partial charge in [0.25, 0.3) is 0 Å². The van der Waals surface area contributed by atoms with E-state index < -0.39 is 8.80 Å². The predicted octanol–water partition coefficient (Wildman–Crippen LogP) is 0.743. The van der Waals surface area contributed by atoms with Crippen molar-refractivity contribution in [1.29, 1.82) is 0 Å². The first-order valence-electron chi connectivity index (χ1n) is 4.00. The Morgan fingerprint density at radius 1 is 1.27 bits per heavy atom. The summed E-state index contributed by atoms with van der Waals surface area (Å²) in [5.41, 5.74) is 0. The largest absolute Gasteiger partial charge is 0.397 e. The van der Waals surface area contributed by atoms with Gasteiger partial charge in [0.1, 0.15) is 0 Å². The van der Waals surface area contributed by atoms with Crippen LogP contribution in [-0.4, -0.2) is 20.5 Å². The molecule has 60 valence electrons. The lowest BCUT2D eigenvalue weighted by Crippen LogP contribution is -2.26. The molecule has 1 aromatic rings. The molecule has 0 spiro atoms. The minimum Gasteiger partial charge on any atom is -0.397 e. The minimum atomic E-state index is -0.810. The third kappa shape index (κ3) is 2.48. The first-order chi connectivity index (χ1) is 5.34. The molecule has 0 aromatic heterocycles. The topological polar surface area (TPSA) is 20.2 Å². The molecule has 11 heavy (non-hydrogen) atoms. The fourth-order valence-corrected chi connectivity index (χ4v) is 2.74. The van der Waals surface area contributed by atoms with Crippen molar-refractivity contribution in [3.63, 3.8) is 0 Å². The lowest BCUT2D eigenvalue weighted by atomic mass is 10.4. The second-order valence-corrected chi connectivity index (χ2v) is 5.87. The van der Waals surface area contributed by atoms with E-state index in [1.54, 1.807) is 0 Å². The van der Waals surface area contributed by atoms with E-state index in [0.717, 1.165) is 6.04 Å². The van der Waals surface area contributed by atoms with Crippen molar-refractivity contribution in [3.8, 4) is 0 Å². The van der Waals surface area contributed by atoms with Gasteiger partial charge in [0, 0.05) is 6.61 Å². The zero-order valence-electron chi connectivity index (χ0n) is 6.83. The molecule has 1 aromatic carbocycles. The molecule has 0 aliphatic rings. The Balaban J connectivity index is 2.61. The van der Waals surface area contributed by atoms with Crippen molar-refractivity contribution in [1.82, 2.24) is 0 Å². The Morgan fingerprint density at radius 3 is 2.45 bits per heavy atom. The van der Waals surface area contributed by atoms with Crippen LogP contribution in [0.25, 0.3) is 0 Å². The van der Waals surface area contributed by atoms with Crippen molar-refractivity contribution in [2.75, 3.05) is 6.61 Å². The molecule has 0 aliphatic heterocycles. The highest BCUT2D eigenvalue weighted by Gasteiger charge is 2.03. The van der Waals surface area contributed by atoms with Crippen LogP contribution in [0.3, 0.4) is 0 Å². The number of hydrogen-bond acceptors (Lipinski definition) is 1. The average molecular weight is 166 g/mol. The summed E-state index contributed by atoms with van der Waals surface area (Å²) in [6.07, 6.45) is 0. The molecule has 1 atom stereocenters. The van der Waals surface area contributed by atoms with Gasteiger partial charge in [0.15, 0.2) is 0 Å². The first kappa shape index (κ1) is 8.49. The maximum Gasteiger partial charge on any atom is 0.0700 e. The Morgan fingerprint density at radius 2 is 1.91 bits per heavy atom. The van der Waals surface area contributed by atoms with E-state index in [2.05, 4.69) is 30.8 Å². The van der Waals surface area contributed by atoms with Crippen molar-refractivity contribution in [3.05, 3.63) is 30.3 Å². The Labute approximate surface area is 69.3 Å². The molecule has 0 amide bonds. The number of aliphatic hydroxyl groups excluding tert-OH is 1. The molecular formula is C9H14OSi. The van der Waals surface area contributed by atoms with Gasteiger partial charge in [-0.15, -0.1) is 0 Å². The summed E-state index contributed by atoms with van der Waals surface area (Å²) in [5, 5.41) is 10.2. The van der Waals surface area contributed by atoms with E-state index in [-0.39, 0.29) is 0 Å². The van der Waals surface area contributed by atoms with E-state index in [9.17, 15) is 0 Å². The van der Waals surface area contributed by atoms with Crippen LogP contribution in [0.2, 0.25) is 12.6 Å². The Kier molecular flexibility index (Phi) is 3.33. The summed E-state index contributed by atoms with van der Waals surface area (Å²) in [4.78, 5) is 0. The number of hydrogen-bond donors (Lipinski definition) is 1. The molecule has 0 heterocycles. The second kappa shape index (κ2) is 4.31. The monoisotopic (exact) mass is 166 g/mol. The van der Waals surface area contributed by atoms with Crippen LogP contribution in [0.5, 0.6) is 0 Å². The van der Waals surface area contributed by atoms with Crippen molar-refractivity contribution in [2.24, 2.45) is 0 Å². The molecule has 0 saturated heterocycles. The maximum atomic E-state index is 8.73. The zero-order chi connectivity index (χ0) is 8.10. The highest BCUT2D eigenvalue weighted by atomic mass is 28.3. The van der Waals surface area contributed by atoms with Crippen LogP contribution >= 0.6 is 0 Å². The summed E-state index contributed by atoms with van der Waals surface area (Å²) < 4.78 is 0. The van der Waals surface area contributed by atoms with E-state index >= 15 is 0 Å². The highest BCUT2D eigenvalue weighted by Crippen LogP contribution is 1.92. The van der Waals surface area contributed by atoms with Gasteiger partial charge in [-0.3, -0.25) is 0 Å². The maximum absolute atomic E-state index is 8.73. The van der Waals surface area contributed by atoms with Crippen LogP contribution in [-0.2, 0) is 0 Å². The van der Waals surface area contributed by atoms with Gasteiger partial charge in [-0.05, 0) is 6.04 Å². The average Bonchev–Trinajstić information content (AvgIpc) is 2.07. The van der Waals surface area contributed by atoms with E-state index in [0.29, 0.717) is 6.61 Å². The highest BCUT2D eigenvalue weighted by molar-refractivity contribution is 6.72. The standard InChI is InChI=1S/C9H14OSi/c1-11(8-7-10)9-5-3-2-4-6-9/h2-6,10-11H,7-8H2,1H3. The third-order valence-corrected chi connectivity index (χ3v) is 4.58. The molecule has 0 fully saturated rings. The number of rotatable bonds is 3. The summed E-state index contributed by atoms with van der Waals surface area (Å²) in [5.74, 6) is 0. The first-order valence-corrected chi connectivity index (χ1v) is 6.55. The van der Waals surface area contributed by atoms with Crippen LogP contribution in [0.4, 0.5) is 0 Å². The zero-order valence-corrected chi connectivity index (χ0v) is 7.98. The van der Waals surface area contributed by atoms with Crippen LogP contribution in [0.1, 0.15) is 0 Å². The smallest absolute Gasteiger partial charge is 0.0700 e. The molecule has 1 nitrogen and oxygen atoms in total. The second-order valence-electron chi connectivity index (χ2n) is 2.82. The molecule has 0 saturated carbocycles. The van der Waals surface area contributed by atoms with Gasteiger partial charge in [-0.1, -0.05) is 42.1 Å². The van der Waals surface area contributed by atoms with Crippen LogP contribution < -0.4 is 5.19 Å². The molecule has 1 unspecified atom stereocenters. The summed E-state index contributed by atoms with van der Waals surface area (Å²) >= 11 is 0. The molecule has 1 N–H and O–H groups in total. The summed E-state index contributed by atoms with van der Waals surface area (Å²) in [6.45, 7) is 2.60. The lowest BCUT2D eigenvalue weighted by Gasteiger charge is -2.06. The fraction of sp³-hybridized carbons (Fsp3) is 0.333. The van der Waals surface area contributed by atoms with Crippen LogP contribution in [0, 0.1) is 0 Å². The third-order valence-electron chi connectivity index (χ3n) is 1.93. The molecule has 0 radical (unpaired) electrons. The molecular weight excluding hydrogens is 152 g/mol. The van der Waals surface area contributed by atoms with E-state index in [1.165, 1.54) is 5.19 Å². The minimum absolute atomic E-state index is 0.336. The van der Waals surface area contributed by atoms with Gasteiger partial charge < -0.3 is 5.11 Å². The van der Waals surface area contributed by atoms with E-state index in [1.807, 2.05) is 6.07 Å². The van der Waals surface area contributed by atoms with Crippen LogP contribution in [0.15, 0.2) is 30.3 Å². The lowest BCUT2D eigenvalue weighted by molar-refractivity contribution is 0.317. The van der Waals surface area contributed by atoms with Gasteiger partial charge in [-0.2, -0.15) is 0 Å². The molecule has 0 bridgehead atoms. The molecule has 1 rings (SSSR count). The fourth-order valence-electron chi connectivity index (χ4n) is 1.14. The van der Waals surface area contributed by atoms with Crippen molar-refractivity contribution < 1.29 is 5.11 Å². The summed E-state index contributed by atoms with van der Waals surface area (Å²) in [7, 11) is -0.810. The van der Waals surface area contributed by atoms with E-state index in [4.69, 9.17) is 5.11 Å². The quantitative estimate of drug-likeness (QED) is 0.657. The summed E-state index contributed by atoms with van der Waals surface area (Å²) in [6, 6.07) is 11.5. The van der Waals surface area contributed by atoms with Crippen molar-refractivity contribution >= 4 is 14.0 Å². The Bertz CT molecular complexity index is 198. The number of aliphatic hydroxyl groups is 1. The Hall–Kier alpha value is -0.603. The predicted molar refractivity (Wildman–Crippen MR) is 51.0 cm³/mol. The van der Waals surface area contributed by atoms with Gasteiger partial charge in [0.05, 0.1) is 8.80 Å².